The number of piperazine rings is 1. The van der Waals surface area contributed by atoms with Crippen LogP contribution >= 0.6 is 23.2 Å². The number of halogens is 4. The number of nitrogens with zero attached hydrogens (tertiary/aromatic N) is 2. The van der Waals surface area contributed by atoms with Crippen LogP contribution in [0.1, 0.15) is 10.4 Å². The van der Waals surface area contributed by atoms with Crippen LogP contribution in [0, 0.1) is 11.6 Å². The van der Waals surface area contributed by atoms with Gasteiger partial charge in [-0.25, -0.2) is 17.2 Å². The maximum Gasteiger partial charge on any atom is 0.256 e. The normalized spacial score (nSPS) is 15.8. The van der Waals surface area contributed by atoms with E-state index in [4.69, 9.17) is 23.2 Å². The van der Waals surface area contributed by atoms with Crippen molar-refractivity contribution < 1.29 is 22.0 Å². The van der Waals surface area contributed by atoms with Gasteiger partial charge in [0.05, 0.1) is 15.6 Å². The molecule has 5 nitrogen and oxygen atoms in total. The highest BCUT2D eigenvalue weighted by atomic mass is 35.5. The molecule has 0 N–H and O–H groups in total. The molecule has 1 aliphatic rings. The Kier molecular flexibility index (Phi) is 5.71. The summed E-state index contributed by atoms with van der Waals surface area (Å²) in [6, 6.07) is 7.03. The van der Waals surface area contributed by atoms with Crippen molar-refractivity contribution >= 4 is 39.1 Å². The average molecular weight is 435 g/mol. The SMILES string of the molecule is O=C(c1ccc(F)cc1F)N1CCN(S(=O)(=O)c2cccc(Cl)c2Cl)CC1. The highest BCUT2D eigenvalue weighted by Crippen LogP contribution is 2.31. The van der Waals surface area contributed by atoms with Crippen molar-refractivity contribution in [2.75, 3.05) is 26.2 Å². The summed E-state index contributed by atoms with van der Waals surface area (Å²) in [4.78, 5) is 13.6. The number of hydrogen-bond donors (Lipinski definition) is 0. The van der Waals surface area contributed by atoms with Crippen molar-refractivity contribution in [2.45, 2.75) is 4.90 Å². The number of hydrogen-bond acceptors (Lipinski definition) is 3. The molecular weight excluding hydrogens is 421 g/mol. The molecule has 1 fully saturated rings. The molecule has 0 radical (unpaired) electrons. The molecule has 0 unspecified atom stereocenters. The maximum absolute atomic E-state index is 13.8. The van der Waals surface area contributed by atoms with Crippen LogP contribution in [-0.4, -0.2) is 49.7 Å². The monoisotopic (exact) mass is 434 g/mol. The summed E-state index contributed by atoms with van der Waals surface area (Å²) in [5.41, 5.74) is -0.259. The molecule has 1 saturated heterocycles. The van der Waals surface area contributed by atoms with Gasteiger partial charge in [0.2, 0.25) is 10.0 Å². The topological polar surface area (TPSA) is 57.7 Å². The molecule has 0 aromatic heterocycles. The molecule has 0 saturated carbocycles. The van der Waals surface area contributed by atoms with Gasteiger partial charge in [-0.05, 0) is 24.3 Å². The Labute approximate surface area is 165 Å². The van der Waals surface area contributed by atoms with Crippen molar-refractivity contribution in [1.29, 1.82) is 0 Å². The fraction of sp³-hybridized carbons (Fsp3) is 0.235. The summed E-state index contributed by atoms with van der Waals surface area (Å²) in [5.74, 6) is -2.36. The Balaban J connectivity index is 1.75. The third-order valence-corrected chi connectivity index (χ3v) is 7.09. The molecule has 0 aliphatic carbocycles. The van der Waals surface area contributed by atoms with Gasteiger partial charge in [-0.1, -0.05) is 29.3 Å². The van der Waals surface area contributed by atoms with E-state index >= 15 is 0 Å². The first-order chi connectivity index (χ1) is 12.7. The lowest BCUT2D eigenvalue weighted by Gasteiger charge is -2.34. The summed E-state index contributed by atoms with van der Waals surface area (Å²) < 4.78 is 53.5. The largest absolute Gasteiger partial charge is 0.336 e. The van der Waals surface area contributed by atoms with Crippen LogP contribution in [0.3, 0.4) is 0 Å². The van der Waals surface area contributed by atoms with Gasteiger partial charge in [-0.3, -0.25) is 4.79 Å². The van der Waals surface area contributed by atoms with Crippen molar-refractivity contribution in [3.05, 3.63) is 63.6 Å². The van der Waals surface area contributed by atoms with E-state index < -0.39 is 27.6 Å². The second kappa shape index (κ2) is 7.71. The minimum atomic E-state index is -3.89. The lowest BCUT2D eigenvalue weighted by Crippen LogP contribution is -2.50. The molecule has 27 heavy (non-hydrogen) atoms. The van der Waals surface area contributed by atoms with Crippen molar-refractivity contribution in [3.8, 4) is 0 Å². The predicted octanol–water partition coefficient (Wildman–Crippen LogP) is 3.42. The third-order valence-electron chi connectivity index (χ3n) is 4.22. The molecule has 0 bridgehead atoms. The van der Waals surface area contributed by atoms with E-state index in [1.807, 2.05) is 0 Å². The number of sulfonamides is 1. The Morgan fingerprint density at radius 1 is 1.00 bits per heavy atom. The van der Waals surface area contributed by atoms with Crippen LogP contribution in [0.5, 0.6) is 0 Å². The third kappa shape index (κ3) is 3.94. The summed E-state index contributed by atoms with van der Waals surface area (Å²) >= 11 is 11.9. The molecule has 1 amide bonds. The van der Waals surface area contributed by atoms with Crippen LogP contribution in [0.25, 0.3) is 0 Å². The first-order valence-electron chi connectivity index (χ1n) is 7.90. The van der Waals surface area contributed by atoms with Crippen LogP contribution in [0.2, 0.25) is 10.0 Å². The van der Waals surface area contributed by atoms with E-state index in [2.05, 4.69) is 0 Å². The molecule has 2 aromatic rings. The minimum Gasteiger partial charge on any atom is -0.336 e. The molecular formula is C17H14Cl2F2N2O3S. The number of rotatable bonds is 3. The lowest BCUT2D eigenvalue weighted by molar-refractivity contribution is 0.0693. The summed E-state index contributed by atoms with van der Waals surface area (Å²) in [6.07, 6.45) is 0. The van der Waals surface area contributed by atoms with Gasteiger partial charge >= 0.3 is 0 Å². The summed E-state index contributed by atoms with van der Waals surface area (Å²) in [5, 5.41) is 0.0596. The van der Waals surface area contributed by atoms with Crippen molar-refractivity contribution in [1.82, 2.24) is 9.21 Å². The maximum atomic E-state index is 13.8. The smallest absolute Gasteiger partial charge is 0.256 e. The first kappa shape index (κ1) is 20.0. The van der Waals surface area contributed by atoms with E-state index in [0.717, 1.165) is 12.1 Å². The zero-order valence-corrected chi connectivity index (χ0v) is 16.2. The fourth-order valence-corrected chi connectivity index (χ4v) is 4.95. The average Bonchev–Trinajstić information content (AvgIpc) is 2.63. The zero-order valence-electron chi connectivity index (χ0n) is 13.8. The fourth-order valence-electron chi connectivity index (χ4n) is 2.79. The minimum absolute atomic E-state index is 0.0136. The van der Waals surface area contributed by atoms with E-state index in [-0.39, 0.29) is 46.7 Å². The number of benzene rings is 2. The Morgan fingerprint density at radius 3 is 2.30 bits per heavy atom. The first-order valence-corrected chi connectivity index (χ1v) is 10.1. The molecule has 0 atom stereocenters. The van der Waals surface area contributed by atoms with Gasteiger partial charge in [0.25, 0.3) is 5.91 Å². The van der Waals surface area contributed by atoms with Crippen molar-refractivity contribution in [3.63, 3.8) is 0 Å². The van der Waals surface area contributed by atoms with Crippen molar-refractivity contribution in [2.24, 2.45) is 0 Å². The van der Waals surface area contributed by atoms with E-state index in [1.165, 1.54) is 27.4 Å². The molecule has 10 heteroatoms. The highest BCUT2D eigenvalue weighted by molar-refractivity contribution is 7.89. The van der Waals surface area contributed by atoms with E-state index in [9.17, 15) is 22.0 Å². The number of carbonyl (C=O) groups is 1. The molecule has 3 rings (SSSR count). The van der Waals surface area contributed by atoms with Crippen LogP contribution in [0.15, 0.2) is 41.3 Å². The highest BCUT2D eigenvalue weighted by Gasteiger charge is 2.32. The second-order valence-electron chi connectivity index (χ2n) is 5.87. The zero-order chi connectivity index (χ0) is 19.8. The van der Waals surface area contributed by atoms with Gasteiger partial charge in [0.1, 0.15) is 16.5 Å². The number of carbonyl (C=O) groups excluding carboxylic acids is 1. The molecule has 1 aliphatic heterocycles. The van der Waals surface area contributed by atoms with Crippen LogP contribution < -0.4 is 0 Å². The molecule has 1 heterocycles. The van der Waals surface area contributed by atoms with Gasteiger partial charge in [-0.15, -0.1) is 0 Å². The second-order valence-corrected chi connectivity index (χ2v) is 8.56. The van der Waals surface area contributed by atoms with E-state index in [0.29, 0.717) is 6.07 Å². The predicted molar refractivity (Wildman–Crippen MR) is 97.5 cm³/mol. The number of amides is 1. The quantitative estimate of drug-likeness (QED) is 0.743. The molecule has 0 spiro atoms. The Bertz CT molecular complexity index is 994. The van der Waals surface area contributed by atoms with Crippen LogP contribution in [-0.2, 0) is 10.0 Å². The van der Waals surface area contributed by atoms with Gasteiger partial charge in [0, 0.05) is 32.2 Å². The van der Waals surface area contributed by atoms with Gasteiger partial charge in [0.15, 0.2) is 0 Å². The lowest BCUT2D eigenvalue weighted by atomic mass is 10.1. The van der Waals surface area contributed by atoms with E-state index in [1.54, 1.807) is 0 Å². The Hall–Kier alpha value is -1.74. The van der Waals surface area contributed by atoms with Gasteiger partial charge < -0.3 is 4.90 Å². The standard InChI is InChI=1S/C17H14Cl2F2N2O3S/c18-13-2-1-3-15(16(13)19)27(25,26)23-8-6-22(7-9-23)17(24)12-5-4-11(20)10-14(12)21/h1-5,10H,6-9H2. The molecule has 144 valence electrons. The summed E-state index contributed by atoms with van der Waals surface area (Å²) in [6.45, 7) is 0.152. The Morgan fingerprint density at radius 2 is 1.67 bits per heavy atom. The van der Waals surface area contributed by atoms with Gasteiger partial charge in [-0.2, -0.15) is 4.31 Å². The molecule has 2 aromatic carbocycles. The summed E-state index contributed by atoms with van der Waals surface area (Å²) in [7, 11) is -3.89. The van der Waals surface area contributed by atoms with Crippen LogP contribution in [0.4, 0.5) is 8.78 Å².